The van der Waals surface area contributed by atoms with Gasteiger partial charge in [0.25, 0.3) is 0 Å². The Balaban J connectivity index is 1.51. The Morgan fingerprint density at radius 2 is 2.12 bits per heavy atom. The third-order valence-electron chi connectivity index (χ3n) is 5.33. The highest BCUT2D eigenvalue weighted by molar-refractivity contribution is 7.56. The first-order valence-corrected chi connectivity index (χ1v) is 12.8. The van der Waals surface area contributed by atoms with E-state index in [4.69, 9.17) is 35.0 Å². The second kappa shape index (κ2) is 9.71. The Bertz CT molecular complexity index is 1380. The van der Waals surface area contributed by atoms with Gasteiger partial charge in [0.15, 0.2) is 5.43 Å². The summed E-state index contributed by atoms with van der Waals surface area (Å²) in [5, 5.41) is 2.75. The summed E-state index contributed by atoms with van der Waals surface area (Å²) in [4.78, 5) is 35.3. The largest absolute Gasteiger partial charge is 0.330 e. The van der Waals surface area contributed by atoms with Crippen molar-refractivity contribution in [2.75, 3.05) is 6.61 Å². The van der Waals surface area contributed by atoms with Gasteiger partial charge >= 0.3 is 8.60 Å². The lowest BCUT2D eigenvalue weighted by Crippen LogP contribution is -2.17. The zero-order chi connectivity index (χ0) is 22.9. The molecule has 0 bridgehead atoms. The van der Waals surface area contributed by atoms with Crippen molar-refractivity contribution in [1.82, 2.24) is 9.55 Å². The molecule has 0 aliphatic carbocycles. The molecule has 11 heteroatoms. The predicted octanol–water partition coefficient (Wildman–Crippen LogP) is 4.50. The van der Waals surface area contributed by atoms with Crippen molar-refractivity contribution in [1.29, 1.82) is 0 Å². The van der Waals surface area contributed by atoms with E-state index in [0.717, 1.165) is 22.7 Å². The highest BCUT2D eigenvalue weighted by Gasteiger charge is 2.27. The molecular weight excluding hydrogens is 486 g/mol. The van der Waals surface area contributed by atoms with Crippen LogP contribution in [-0.2, 0) is 20.3 Å². The molecule has 8 nitrogen and oxygen atoms in total. The SMILES string of the molecule is O=c1ccn(COP(O)O)c2c1ccc1cc(P3OCCC(c4cccc(Cl)c4)O3)cnc12. The third kappa shape index (κ3) is 4.80. The van der Waals surface area contributed by atoms with E-state index in [2.05, 4.69) is 4.98 Å². The molecule has 1 aliphatic heterocycles. The number of hydrogen-bond acceptors (Lipinski definition) is 7. The molecule has 0 amide bonds. The zero-order valence-electron chi connectivity index (χ0n) is 17.2. The van der Waals surface area contributed by atoms with Crippen LogP contribution >= 0.6 is 28.6 Å². The lowest BCUT2D eigenvalue weighted by molar-refractivity contribution is 0.113. The van der Waals surface area contributed by atoms with E-state index >= 15 is 0 Å². The van der Waals surface area contributed by atoms with Crippen molar-refractivity contribution in [2.24, 2.45) is 0 Å². The van der Waals surface area contributed by atoms with E-state index in [1.807, 2.05) is 36.4 Å². The molecule has 0 radical (unpaired) electrons. The lowest BCUT2D eigenvalue weighted by atomic mass is 10.1. The average Bonchev–Trinajstić information content (AvgIpc) is 2.83. The van der Waals surface area contributed by atoms with E-state index in [-0.39, 0.29) is 18.3 Å². The van der Waals surface area contributed by atoms with Crippen molar-refractivity contribution >= 4 is 55.7 Å². The van der Waals surface area contributed by atoms with Crippen molar-refractivity contribution in [2.45, 2.75) is 19.3 Å². The first-order valence-electron chi connectivity index (χ1n) is 10.1. The van der Waals surface area contributed by atoms with Gasteiger partial charge < -0.3 is 23.4 Å². The summed E-state index contributed by atoms with van der Waals surface area (Å²) in [6, 6.07) is 14.5. The Labute approximate surface area is 196 Å². The summed E-state index contributed by atoms with van der Waals surface area (Å²) in [6.07, 6.45) is 3.85. The van der Waals surface area contributed by atoms with Gasteiger partial charge in [-0.1, -0.05) is 29.8 Å². The van der Waals surface area contributed by atoms with Crippen LogP contribution in [0.15, 0.2) is 65.7 Å². The molecule has 2 N–H and O–H groups in total. The van der Waals surface area contributed by atoms with Crippen molar-refractivity contribution < 1.29 is 23.4 Å². The number of fused-ring (bicyclic) bond motifs is 3. The predicted molar refractivity (Wildman–Crippen MR) is 128 cm³/mol. The summed E-state index contributed by atoms with van der Waals surface area (Å²) >= 11 is 6.14. The second-order valence-electron chi connectivity index (χ2n) is 7.42. The molecule has 33 heavy (non-hydrogen) atoms. The molecule has 5 rings (SSSR count). The summed E-state index contributed by atoms with van der Waals surface area (Å²) in [7, 11) is -3.88. The Hall–Kier alpha value is -1.99. The lowest BCUT2D eigenvalue weighted by Gasteiger charge is -2.29. The van der Waals surface area contributed by atoms with Crippen LogP contribution in [0.3, 0.4) is 0 Å². The van der Waals surface area contributed by atoms with Gasteiger partial charge in [0.1, 0.15) is 6.73 Å². The minimum atomic E-state index is -2.53. The maximum Gasteiger partial charge on any atom is 0.328 e. The van der Waals surface area contributed by atoms with Crippen LogP contribution in [0.4, 0.5) is 0 Å². The monoisotopic (exact) mass is 504 g/mol. The standard InChI is InChI=1S/C22H19ClN2O6P2/c23-16-3-1-2-14(10-16)20-7-9-29-32(31-20)17-11-15-4-5-18-19(26)6-8-25(13-30-33(27)28)22(18)21(15)24-12-17/h1-6,8,10-12,20,27-28H,7,9,13H2. The van der Waals surface area contributed by atoms with Crippen molar-refractivity contribution in [3.8, 4) is 0 Å². The summed E-state index contributed by atoms with van der Waals surface area (Å²) in [5.74, 6) is 0. The fourth-order valence-electron chi connectivity index (χ4n) is 3.82. The molecule has 1 aliphatic rings. The third-order valence-corrected chi connectivity index (χ3v) is 7.44. The van der Waals surface area contributed by atoms with Crippen LogP contribution in [0, 0.1) is 0 Å². The normalized spacial score (nSPS) is 18.9. The zero-order valence-corrected chi connectivity index (χ0v) is 19.7. The van der Waals surface area contributed by atoms with Gasteiger partial charge in [0.05, 0.1) is 23.7 Å². The Kier molecular flexibility index (Phi) is 6.70. The molecule has 170 valence electrons. The summed E-state index contributed by atoms with van der Waals surface area (Å²) in [6.45, 7) is 0.430. The number of rotatable bonds is 5. The molecule has 2 unspecified atom stereocenters. The fraction of sp³-hybridized carbons (Fsp3) is 0.182. The van der Waals surface area contributed by atoms with E-state index in [0.29, 0.717) is 28.0 Å². The van der Waals surface area contributed by atoms with E-state index in [1.54, 1.807) is 23.0 Å². The molecule has 0 saturated carbocycles. The fourth-order valence-corrected chi connectivity index (χ4v) is 5.70. The number of benzene rings is 2. The quantitative estimate of drug-likeness (QED) is 0.304. The number of nitrogens with zero attached hydrogens (tertiary/aromatic N) is 2. The summed E-state index contributed by atoms with van der Waals surface area (Å²) < 4.78 is 18.8. The van der Waals surface area contributed by atoms with Crippen LogP contribution in [0.1, 0.15) is 18.1 Å². The minimum Gasteiger partial charge on any atom is -0.330 e. The van der Waals surface area contributed by atoms with Crippen LogP contribution in [0.25, 0.3) is 21.8 Å². The highest BCUT2D eigenvalue weighted by Crippen LogP contribution is 2.48. The smallest absolute Gasteiger partial charge is 0.328 e. The van der Waals surface area contributed by atoms with Gasteiger partial charge in [0.2, 0.25) is 8.38 Å². The number of aromatic nitrogens is 2. The molecule has 1 saturated heterocycles. The molecule has 2 atom stereocenters. The Morgan fingerprint density at radius 3 is 2.94 bits per heavy atom. The maximum absolute atomic E-state index is 12.4. The van der Waals surface area contributed by atoms with Gasteiger partial charge in [-0.25, -0.2) is 0 Å². The topological polar surface area (TPSA) is 103 Å². The first-order chi connectivity index (χ1) is 16.0. The second-order valence-corrected chi connectivity index (χ2v) is 10.1. The van der Waals surface area contributed by atoms with Crippen LogP contribution in [0.5, 0.6) is 0 Å². The Morgan fingerprint density at radius 1 is 1.24 bits per heavy atom. The van der Waals surface area contributed by atoms with Gasteiger partial charge in [-0.2, -0.15) is 0 Å². The molecule has 0 spiro atoms. The molecule has 2 aromatic carbocycles. The van der Waals surface area contributed by atoms with Crippen molar-refractivity contribution in [3.63, 3.8) is 0 Å². The van der Waals surface area contributed by atoms with Gasteiger partial charge in [-0.15, -0.1) is 0 Å². The molecule has 2 aromatic heterocycles. The van der Waals surface area contributed by atoms with Crippen LogP contribution < -0.4 is 10.7 Å². The minimum absolute atomic E-state index is 0.120. The van der Waals surface area contributed by atoms with Gasteiger partial charge in [0, 0.05) is 46.0 Å². The van der Waals surface area contributed by atoms with E-state index < -0.39 is 17.0 Å². The van der Waals surface area contributed by atoms with Gasteiger partial charge in [-0.3, -0.25) is 14.3 Å². The first kappa shape index (κ1) is 22.8. The highest BCUT2D eigenvalue weighted by atomic mass is 35.5. The average molecular weight is 505 g/mol. The maximum atomic E-state index is 12.4. The molecular formula is C22H19ClN2O6P2. The van der Waals surface area contributed by atoms with E-state index in [1.165, 1.54) is 6.07 Å². The number of halogens is 1. The number of hydrogen-bond donors (Lipinski definition) is 2. The van der Waals surface area contributed by atoms with E-state index in [9.17, 15) is 4.79 Å². The molecule has 4 aromatic rings. The van der Waals surface area contributed by atoms with Gasteiger partial charge in [-0.05, 0) is 29.8 Å². The van der Waals surface area contributed by atoms with Crippen LogP contribution in [-0.4, -0.2) is 25.9 Å². The summed E-state index contributed by atoms with van der Waals surface area (Å²) in [5.41, 5.74) is 2.00. The molecule has 3 heterocycles. The van der Waals surface area contributed by atoms with Crippen LogP contribution in [0.2, 0.25) is 5.02 Å². The number of pyridine rings is 2. The molecule has 1 fully saturated rings. The van der Waals surface area contributed by atoms with Crippen molar-refractivity contribution in [3.05, 3.63) is 81.7 Å².